The summed E-state index contributed by atoms with van der Waals surface area (Å²) in [5.41, 5.74) is 7.91. The fourth-order valence-corrected chi connectivity index (χ4v) is 2.18. The summed E-state index contributed by atoms with van der Waals surface area (Å²) >= 11 is 0. The zero-order valence-electron chi connectivity index (χ0n) is 11.5. The largest absolute Gasteiger partial charge is 0.355 e. The molecule has 1 unspecified atom stereocenters. The Hall–Kier alpha value is -2.13. The van der Waals surface area contributed by atoms with E-state index in [1.807, 2.05) is 48.5 Å². The summed E-state index contributed by atoms with van der Waals surface area (Å²) in [6.45, 7) is 0.952. The van der Waals surface area contributed by atoms with Crippen LogP contribution in [0.25, 0.3) is 0 Å². The lowest BCUT2D eigenvalue weighted by atomic mass is 9.98. The maximum atomic E-state index is 12.2. The van der Waals surface area contributed by atoms with Gasteiger partial charge in [-0.2, -0.15) is 0 Å². The summed E-state index contributed by atoms with van der Waals surface area (Å²) in [4.78, 5) is 12.2. The molecule has 104 valence electrons. The first-order valence-electron chi connectivity index (χ1n) is 6.88. The van der Waals surface area contributed by atoms with E-state index in [-0.39, 0.29) is 11.8 Å². The third-order valence-electron chi connectivity index (χ3n) is 3.31. The van der Waals surface area contributed by atoms with Crippen molar-refractivity contribution in [2.24, 2.45) is 5.73 Å². The normalized spacial score (nSPS) is 11.8. The van der Waals surface area contributed by atoms with E-state index in [0.29, 0.717) is 13.1 Å². The zero-order valence-corrected chi connectivity index (χ0v) is 11.5. The van der Waals surface area contributed by atoms with Crippen molar-refractivity contribution < 1.29 is 4.79 Å². The van der Waals surface area contributed by atoms with Crippen molar-refractivity contribution in [3.8, 4) is 0 Å². The molecule has 3 heteroatoms. The minimum Gasteiger partial charge on any atom is -0.355 e. The topological polar surface area (TPSA) is 55.1 Å². The number of hydrogen-bond donors (Lipinski definition) is 2. The van der Waals surface area contributed by atoms with Gasteiger partial charge < -0.3 is 11.1 Å². The summed E-state index contributed by atoms with van der Waals surface area (Å²) in [6.07, 6.45) is 0.832. The lowest BCUT2D eigenvalue weighted by molar-refractivity contribution is -0.122. The Kier molecular flexibility index (Phi) is 5.33. The van der Waals surface area contributed by atoms with Crippen molar-refractivity contribution in [2.45, 2.75) is 12.3 Å². The van der Waals surface area contributed by atoms with E-state index in [1.54, 1.807) is 0 Å². The van der Waals surface area contributed by atoms with Gasteiger partial charge in [0.1, 0.15) is 0 Å². The first-order valence-corrected chi connectivity index (χ1v) is 6.88. The molecule has 0 saturated carbocycles. The second-order valence-corrected chi connectivity index (χ2v) is 4.73. The van der Waals surface area contributed by atoms with Crippen LogP contribution in [-0.2, 0) is 11.2 Å². The molecule has 0 aromatic heterocycles. The monoisotopic (exact) mass is 268 g/mol. The highest BCUT2D eigenvalue weighted by molar-refractivity contribution is 5.83. The Balaban J connectivity index is 1.87. The molecule has 2 aromatic rings. The van der Waals surface area contributed by atoms with E-state index in [4.69, 9.17) is 5.73 Å². The molecule has 0 radical (unpaired) electrons. The molecule has 20 heavy (non-hydrogen) atoms. The van der Waals surface area contributed by atoms with Crippen LogP contribution >= 0.6 is 0 Å². The van der Waals surface area contributed by atoms with Crippen LogP contribution in [0.15, 0.2) is 60.7 Å². The van der Waals surface area contributed by atoms with Gasteiger partial charge >= 0.3 is 0 Å². The van der Waals surface area contributed by atoms with Gasteiger partial charge in [-0.3, -0.25) is 4.79 Å². The number of benzene rings is 2. The van der Waals surface area contributed by atoms with Gasteiger partial charge in [0.25, 0.3) is 0 Å². The molecule has 0 heterocycles. The molecule has 1 atom stereocenters. The molecule has 0 aliphatic carbocycles. The van der Waals surface area contributed by atoms with E-state index >= 15 is 0 Å². The van der Waals surface area contributed by atoms with Crippen molar-refractivity contribution in [2.75, 3.05) is 13.1 Å². The molecule has 0 spiro atoms. The van der Waals surface area contributed by atoms with E-state index in [1.165, 1.54) is 5.56 Å². The van der Waals surface area contributed by atoms with Crippen molar-refractivity contribution in [1.82, 2.24) is 5.32 Å². The quantitative estimate of drug-likeness (QED) is 0.843. The molecule has 0 aliphatic heterocycles. The Bertz CT molecular complexity index is 525. The smallest absolute Gasteiger partial charge is 0.228 e. The molecule has 0 saturated heterocycles. The first-order chi connectivity index (χ1) is 9.81. The van der Waals surface area contributed by atoms with Crippen LogP contribution < -0.4 is 11.1 Å². The van der Waals surface area contributed by atoms with E-state index in [0.717, 1.165) is 12.0 Å². The second-order valence-electron chi connectivity index (χ2n) is 4.73. The SMILES string of the molecule is NCC(C(=O)NCCc1ccccc1)c1ccccc1. The highest BCUT2D eigenvalue weighted by atomic mass is 16.1. The molecular weight excluding hydrogens is 248 g/mol. The minimum atomic E-state index is -0.271. The van der Waals surface area contributed by atoms with Gasteiger partial charge in [0.2, 0.25) is 5.91 Å². The molecule has 3 nitrogen and oxygen atoms in total. The number of nitrogens with two attached hydrogens (primary N) is 1. The first kappa shape index (κ1) is 14.3. The molecule has 2 rings (SSSR count). The minimum absolute atomic E-state index is 0.00497. The number of carbonyl (C=O) groups is 1. The van der Waals surface area contributed by atoms with Gasteiger partial charge in [-0.1, -0.05) is 60.7 Å². The standard InChI is InChI=1S/C17H20N2O/c18-13-16(15-9-5-2-6-10-15)17(20)19-12-11-14-7-3-1-4-8-14/h1-10,16H,11-13,18H2,(H,19,20). The highest BCUT2D eigenvalue weighted by Gasteiger charge is 2.17. The Labute approximate surface area is 119 Å². The van der Waals surface area contributed by atoms with Gasteiger partial charge in [-0.15, -0.1) is 0 Å². The molecular formula is C17H20N2O. The van der Waals surface area contributed by atoms with Crippen LogP contribution in [0.2, 0.25) is 0 Å². The van der Waals surface area contributed by atoms with Crippen molar-refractivity contribution >= 4 is 5.91 Å². The third kappa shape index (κ3) is 3.93. The molecule has 0 fully saturated rings. The fourth-order valence-electron chi connectivity index (χ4n) is 2.18. The summed E-state index contributed by atoms with van der Waals surface area (Å²) in [6, 6.07) is 19.8. The molecule has 0 aliphatic rings. The van der Waals surface area contributed by atoms with Gasteiger partial charge in [-0.25, -0.2) is 0 Å². The zero-order chi connectivity index (χ0) is 14.2. The Morgan fingerprint density at radius 1 is 1.00 bits per heavy atom. The average Bonchev–Trinajstić information content (AvgIpc) is 2.50. The van der Waals surface area contributed by atoms with Gasteiger partial charge in [0.05, 0.1) is 5.92 Å². The molecule has 2 aromatic carbocycles. The van der Waals surface area contributed by atoms with Gasteiger partial charge in [-0.05, 0) is 17.5 Å². The Morgan fingerprint density at radius 3 is 2.20 bits per heavy atom. The predicted molar refractivity (Wildman–Crippen MR) is 81.4 cm³/mol. The van der Waals surface area contributed by atoms with E-state index < -0.39 is 0 Å². The van der Waals surface area contributed by atoms with E-state index in [9.17, 15) is 4.79 Å². The number of nitrogens with one attached hydrogen (secondary N) is 1. The summed E-state index contributed by atoms with van der Waals surface area (Å²) in [5.74, 6) is -0.276. The van der Waals surface area contributed by atoms with Crippen LogP contribution in [0.1, 0.15) is 17.0 Å². The number of hydrogen-bond acceptors (Lipinski definition) is 2. The number of carbonyl (C=O) groups excluding carboxylic acids is 1. The summed E-state index contributed by atoms with van der Waals surface area (Å²) in [5, 5.41) is 2.96. The lowest BCUT2D eigenvalue weighted by Crippen LogP contribution is -2.34. The Morgan fingerprint density at radius 2 is 1.60 bits per heavy atom. The number of amides is 1. The fraction of sp³-hybridized carbons (Fsp3) is 0.235. The molecule has 3 N–H and O–H groups in total. The second kappa shape index (κ2) is 7.46. The van der Waals surface area contributed by atoms with Crippen molar-refractivity contribution in [3.05, 3.63) is 71.8 Å². The van der Waals surface area contributed by atoms with Gasteiger partial charge in [0, 0.05) is 13.1 Å². The van der Waals surface area contributed by atoms with Crippen LogP contribution in [0.4, 0.5) is 0 Å². The maximum absolute atomic E-state index is 12.2. The van der Waals surface area contributed by atoms with Crippen molar-refractivity contribution in [1.29, 1.82) is 0 Å². The average molecular weight is 268 g/mol. The highest BCUT2D eigenvalue weighted by Crippen LogP contribution is 2.14. The lowest BCUT2D eigenvalue weighted by Gasteiger charge is -2.15. The van der Waals surface area contributed by atoms with E-state index in [2.05, 4.69) is 17.4 Å². The van der Waals surface area contributed by atoms with Crippen LogP contribution in [0.5, 0.6) is 0 Å². The number of rotatable bonds is 6. The predicted octanol–water partition coefficient (Wildman–Crippen LogP) is 2.09. The third-order valence-corrected chi connectivity index (χ3v) is 3.31. The van der Waals surface area contributed by atoms with Crippen LogP contribution in [0, 0.1) is 0 Å². The van der Waals surface area contributed by atoms with Crippen molar-refractivity contribution in [3.63, 3.8) is 0 Å². The molecule has 1 amide bonds. The van der Waals surface area contributed by atoms with Crippen LogP contribution in [0.3, 0.4) is 0 Å². The maximum Gasteiger partial charge on any atom is 0.228 e. The summed E-state index contributed by atoms with van der Waals surface area (Å²) in [7, 11) is 0. The summed E-state index contributed by atoms with van der Waals surface area (Å²) < 4.78 is 0. The van der Waals surface area contributed by atoms with Gasteiger partial charge in [0.15, 0.2) is 0 Å². The van der Waals surface area contributed by atoms with Crippen LogP contribution in [-0.4, -0.2) is 19.0 Å². The molecule has 0 bridgehead atoms.